The SMILES string of the molecule is C[C@H]1OC(=O)[C@H](OC(=O)C(C)(C)C)[C@H]1OC(=O)C(C)(C)C. The summed E-state index contributed by atoms with van der Waals surface area (Å²) >= 11 is 0. The van der Waals surface area contributed by atoms with E-state index in [1.54, 1.807) is 48.5 Å². The molecule has 0 aromatic carbocycles. The summed E-state index contributed by atoms with van der Waals surface area (Å²) in [7, 11) is 0. The molecule has 0 unspecified atom stereocenters. The van der Waals surface area contributed by atoms with E-state index >= 15 is 0 Å². The van der Waals surface area contributed by atoms with Gasteiger partial charge in [0, 0.05) is 0 Å². The van der Waals surface area contributed by atoms with Crippen LogP contribution < -0.4 is 0 Å². The Labute approximate surface area is 125 Å². The molecule has 1 saturated heterocycles. The lowest BCUT2D eigenvalue weighted by atomic mass is 9.96. The van der Waals surface area contributed by atoms with Gasteiger partial charge in [-0.05, 0) is 48.5 Å². The molecule has 1 fully saturated rings. The molecule has 3 atom stereocenters. The Morgan fingerprint density at radius 1 is 0.952 bits per heavy atom. The van der Waals surface area contributed by atoms with Crippen LogP contribution in [0.15, 0.2) is 0 Å². The zero-order valence-corrected chi connectivity index (χ0v) is 13.7. The van der Waals surface area contributed by atoms with Crippen molar-refractivity contribution in [3.8, 4) is 0 Å². The zero-order chi connectivity index (χ0) is 16.6. The van der Waals surface area contributed by atoms with Crippen molar-refractivity contribution >= 4 is 17.9 Å². The Balaban J connectivity index is 2.87. The van der Waals surface area contributed by atoms with Crippen LogP contribution in [-0.4, -0.2) is 36.2 Å². The summed E-state index contributed by atoms with van der Waals surface area (Å²) in [4.78, 5) is 35.7. The van der Waals surface area contributed by atoms with Crippen LogP contribution in [0.4, 0.5) is 0 Å². The summed E-state index contributed by atoms with van der Waals surface area (Å²) in [5.74, 6) is -1.71. The van der Waals surface area contributed by atoms with Gasteiger partial charge >= 0.3 is 17.9 Å². The molecule has 0 N–H and O–H groups in total. The smallest absolute Gasteiger partial charge is 0.351 e. The first-order chi connectivity index (χ1) is 9.34. The molecule has 0 aliphatic carbocycles. The predicted molar refractivity (Wildman–Crippen MR) is 74.2 cm³/mol. The molecule has 0 aromatic heterocycles. The van der Waals surface area contributed by atoms with Gasteiger partial charge in [-0.25, -0.2) is 4.79 Å². The van der Waals surface area contributed by atoms with Crippen molar-refractivity contribution in [2.45, 2.75) is 66.8 Å². The number of carbonyl (C=O) groups is 3. The van der Waals surface area contributed by atoms with Crippen molar-refractivity contribution < 1.29 is 28.6 Å². The average Bonchev–Trinajstić information content (AvgIpc) is 2.53. The van der Waals surface area contributed by atoms with Gasteiger partial charge < -0.3 is 14.2 Å². The average molecular weight is 300 g/mol. The molecule has 0 bridgehead atoms. The summed E-state index contributed by atoms with van der Waals surface area (Å²) in [5.41, 5.74) is -1.48. The highest BCUT2D eigenvalue weighted by Gasteiger charge is 2.49. The third-order valence-electron chi connectivity index (χ3n) is 3.00. The molecule has 0 radical (unpaired) electrons. The van der Waals surface area contributed by atoms with E-state index in [0.29, 0.717) is 0 Å². The molecule has 6 heteroatoms. The predicted octanol–water partition coefficient (Wildman–Crippen LogP) is 1.85. The minimum atomic E-state index is -1.21. The van der Waals surface area contributed by atoms with E-state index in [9.17, 15) is 14.4 Å². The zero-order valence-electron chi connectivity index (χ0n) is 13.7. The van der Waals surface area contributed by atoms with Gasteiger partial charge in [-0.2, -0.15) is 0 Å². The molecule has 21 heavy (non-hydrogen) atoms. The summed E-state index contributed by atoms with van der Waals surface area (Å²) in [6.45, 7) is 11.7. The standard InChI is InChI=1S/C15H24O6/c1-8-9(20-12(17)14(2,3)4)10(11(16)19-8)21-13(18)15(5,6)7/h8-10H,1-7H3/t8-,9+,10-/m1/s1. The fourth-order valence-corrected chi connectivity index (χ4v) is 1.56. The molecule has 0 spiro atoms. The molecule has 0 saturated carbocycles. The Morgan fingerprint density at radius 2 is 1.38 bits per heavy atom. The van der Waals surface area contributed by atoms with Crippen LogP contribution in [-0.2, 0) is 28.6 Å². The van der Waals surface area contributed by atoms with Gasteiger partial charge in [-0.1, -0.05) is 0 Å². The van der Waals surface area contributed by atoms with E-state index in [4.69, 9.17) is 14.2 Å². The highest BCUT2D eigenvalue weighted by Crippen LogP contribution is 2.27. The summed E-state index contributed by atoms with van der Waals surface area (Å²) in [5, 5.41) is 0. The molecule has 6 nitrogen and oxygen atoms in total. The van der Waals surface area contributed by atoms with Crippen LogP contribution in [0, 0.1) is 10.8 Å². The first kappa shape index (κ1) is 17.5. The van der Waals surface area contributed by atoms with E-state index in [2.05, 4.69) is 0 Å². The second-order valence-corrected chi connectivity index (χ2v) is 7.34. The first-order valence-electron chi connectivity index (χ1n) is 6.96. The maximum Gasteiger partial charge on any atom is 0.351 e. The van der Waals surface area contributed by atoms with Crippen LogP contribution in [0.2, 0.25) is 0 Å². The minimum absolute atomic E-state index is 0.477. The molecule has 0 aromatic rings. The highest BCUT2D eigenvalue weighted by atomic mass is 16.7. The monoisotopic (exact) mass is 300 g/mol. The number of esters is 3. The van der Waals surface area contributed by atoms with Crippen molar-refractivity contribution in [3.05, 3.63) is 0 Å². The van der Waals surface area contributed by atoms with E-state index in [-0.39, 0.29) is 0 Å². The number of hydrogen-bond donors (Lipinski definition) is 0. The lowest BCUT2D eigenvalue weighted by molar-refractivity contribution is -0.177. The molecule has 120 valence electrons. The third-order valence-corrected chi connectivity index (χ3v) is 3.00. The van der Waals surface area contributed by atoms with Crippen LogP contribution >= 0.6 is 0 Å². The molecule has 1 aliphatic rings. The molecule has 0 amide bonds. The largest absolute Gasteiger partial charge is 0.456 e. The highest BCUT2D eigenvalue weighted by molar-refractivity contribution is 5.84. The van der Waals surface area contributed by atoms with E-state index in [0.717, 1.165) is 0 Å². The number of ether oxygens (including phenoxy) is 3. The number of carbonyl (C=O) groups excluding carboxylic acids is 3. The van der Waals surface area contributed by atoms with E-state index in [1.165, 1.54) is 0 Å². The van der Waals surface area contributed by atoms with Gasteiger partial charge in [0.1, 0.15) is 6.10 Å². The minimum Gasteiger partial charge on any atom is -0.456 e. The topological polar surface area (TPSA) is 78.9 Å². The van der Waals surface area contributed by atoms with E-state index < -0.39 is 47.0 Å². The van der Waals surface area contributed by atoms with Crippen molar-refractivity contribution in [1.29, 1.82) is 0 Å². The second-order valence-electron chi connectivity index (χ2n) is 7.34. The summed E-state index contributed by atoms with van der Waals surface area (Å²) in [6, 6.07) is 0. The second kappa shape index (κ2) is 5.66. The number of cyclic esters (lactones) is 1. The maximum atomic E-state index is 12.0. The maximum absolute atomic E-state index is 12.0. The van der Waals surface area contributed by atoms with Crippen molar-refractivity contribution in [1.82, 2.24) is 0 Å². The van der Waals surface area contributed by atoms with Crippen LogP contribution in [0.3, 0.4) is 0 Å². The molecule has 1 rings (SSSR count). The van der Waals surface area contributed by atoms with Gasteiger partial charge in [0.15, 0.2) is 6.10 Å². The lowest BCUT2D eigenvalue weighted by Gasteiger charge is -2.25. The van der Waals surface area contributed by atoms with Gasteiger partial charge in [-0.15, -0.1) is 0 Å². The van der Waals surface area contributed by atoms with Crippen molar-refractivity contribution in [2.24, 2.45) is 10.8 Å². The van der Waals surface area contributed by atoms with Crippen molar-refractivity contribution in [3.63, 3.8) is 0 Å². The summed E-state index contributed by atoms with van der Waals surface area (Å²) < 4.78 is 15.5. The Morgan fingerprint density at radius 3 is 1.81 bits per heavy atom. The quantitative estimate of drug-likeness (QED) is 0.572. The van der Waals surface area contributed by atoms with Crippen LogP contribution in [0.25, 0.3) is 0 Å². The fraction of sp³-hybridized carbons (Fsp3) is 0.800. The molecular weight excluding hydrogens is 276 g/mol. The van der Waals surface area contributed by atoms with Gasteiger partial charge in [0.25, 0.3) is 0 Å². The number of hydrogen-bond acceptors (Lipinski definition) is 6. The molecule has 1 heterocycles. The van der Waals surface area contributed by atoms with Gasteiger partial charge in [0.05, 0.1) is 10.8 Å². The van der Waals surface area contributed by atoms with Gasteiger partial charge in [0.2, 0.25) is 6.10 Å². The Hall–Kier alpha value is -1.59. The van der Waals surface area contributed by atoms with Crippen LogP contribution in [0.5, 0.6) is 0 Å². The van der Waals surface area contributed by atoms with E-state index in [1.807, 2.05) is 0 Å². The molecular formula is C15H24O6. The fourth-order valence-electron chi connectivity index (χ4n) is 1.56. The Kier molecular flexibility index (Phi) is 4.70. The lowest BCUT2D eigenvalue weighted by Crippen LogP contribution is -2.42. The first-order valence-corrected chi connectivity index (χ1v) is 6.96. The van der Waals surface area contributed by atoms with Crippen LogP contribution in [0.1, 0.15) is 48.5 Å². The Bertz CT molecular complexity index is 440. The van der Waals surface area contributed by atoms with Crippen molar-refractivity contribution in [2.75, 3.05) is 0 Å². The normalized spacial score (nSPS) is 26.2. The number of rotatable bonds is 2. The third kappa shape index (κ3) is 4.19. The van der Waals surface area contributed by atoms with Gasteiger partial charge in [-0.3, -0.25) is 9.59 Å². The molecule has 1 aliphatic heterocycles. The summed E-state index contributed by atoms with van der Waals surface area (Å²) in [6.07, 6.45) is -2.78.